The lowest BCUT2D eigenvalue weighted by Crippen LogP contribution is -2.43. The van der Waals surface area contributed by atoms with Crippen LogP contribution < -0.4 is 14.1 Å². The molecule has 0 radical (unpaired) electrons. The van der Waals surface area contributed by atoms with Crippen LogP contribution in [0.4, 0.5) is 14.9 Å². The van der Waals surface area contributed by atoms with E-state index in [9.17, 15) is 4.79 Å². The van der Waals surface area contributed by atoms with Gasteiger partial charge in [-0.15, -0.1) is 0 Å². The summed E-state index contributed by atoms with van der Waals surface area (Å²) >= 11 is 0. The number of benzene rings is 2. The van der Waals surface area contributed by atoms with Crippen molar-refractivity contribution in [2.45, 2.75) is 71.8 Å². The van der Waals surface area contributed by atoms with Crippen LogP contribution in [0.15, 0.2) is 42.5 Å². The van der Waals surface area contributed by atoms with Gasteiger partial charge in [0.25, 0.3) is 0 Å². The molecule has 0 saturated carbocycles. The maximum absolute atomic E-state index is 15.1. The third-order valence-corrected chi connectivity index (χ3v) is 9.89. The minimum absolute atomic E-state index is 0.00399. The summed E-state index contributed by atoms with van der Waals surface area (Å²) in [6.45, 7) is 16.1. The van der Waals surface area contributed by atoms with E-state index in [1.54, 1.807) is 64.3 Å². The van der Waals surface area contributed by atoms with Crippen molar-refractivity contribution in [1.82, 2.24) is 0 Å². The smallest absolute Gasteiger partial charge is 0.415 e. The highest BCUT2D eigenvalue weighted by molar-refractivity contribution is 6.74. The number of hydrogen-bond acceptors (Lipinski definition) is 4. The molecule has 7 heteroatoms. The maximum Gasteiger partial charge on any atom is 0.415 e. The van der Waals surface area contributed by atoms with Gasteiger partial charge in [0.1, 0.15) is 22.9 Å². The first kappa shape index (κ1) is 25.7. The van der Waals surface area contributed by atoms with Gasteiger partial charge in [0.2, 0.25) is 8.32 Å². The highest BCUT2D eigenvalue weighted by Gasteiger charge is 2.39. The van der Waals surface area contributed by atoms with Gasteiger partial charge in [0, 0.05) is 17.3 Å². The Labute approximate surface area is 192 Å². The maximum atomic E-state index is 15.1. The Morgan fingerprint density at radius 2 is 1.53 bits per heavy atom. The van der Waals surface area contributed by atoms with Crippen LogP contribution in [0.1, 0.15) is 47.1 Å². The predicted octanol–water partition coefficient (Wildman–Crippen LogP) is 7.16. The van der Waals surface area contributed by atoms with Crippen LogP contribution in [0.25, 0.3) is 0 Å². The lowest BCUT2D eigenvalue weighted by atomic mass is 10.1. The molecule has 0 aliphatic heterocycles. The second-order valence-electron chi connectivity index (χ2n) is 10.4. The van der Waals surface area contributed by atoms with Crippen LogP contribution in [0.2, 0.25) is 18.1 Å². The highest BCUT2D eigenvalue weighted by Crippen LogP contribution is 2.37. The molecule has 2 aromatic rings. The van der Waals surface area contributed by atoms with Gasteiger partial charge < -0.3 is 13.9 Å². The van der Waals surface area contributed by atoms with Crippen molar-refractivity contribution >= 4 is 20.1 Å². The van der Waals surface area contributed by atoms with Crippen molar-refractivity contribution in [3.8, 4) is 11.5 Å². The molecular formula is C25H36FNO4Si. The number of methoxy groups -OCH3 is 1. The van der Waals surface area contributed by atoms with Gasteiger partial charge in [-0.1, -0.05) is 26.8 Å². The SMILES string of the molecule is COc1ccc(N(Cc2ccc(O[Si](C)(C)C(C)(C)C)cc2F)C(=O)OC(C)(C)C)cc1. The van der Waals surface area contributed by atoms with Crippen LogP contribution in [-0.2, 0) is 11.3 Å². The fraction of sp³-hybridized carbons (Fsp3) is 0.480. The largest absolute Gasteiger partial charge is 0.543 e. The van der Waals surface area contributed by atoms with Gasteiger partial charge in [-0.3, -0.25) is 4.90 Å². The monoisotopic (exact) mass is 461 g/mol. The Morgan fingerprint density at radius 1 is 0.969 bits per heavy atom. The molecule has 2 aromatic carbocycles. The van der Waals surface area contributed by atoms with Gasteiger partial charge in [-0.2, -0.15) is 0 Å². The molecule has 0 aliphatic rings. The van der Waals surface area contributed by atoms with Crippen LogP contribution in [0, 0.1) is 5.82 Å². The Morgan fingerprint density at radius 3 is 2.00 bits per heavy atom. The van der Waals surface area contributed by atoms with E-state index in [1.165, 1.54) is 11.0 Å². The quantitative estimate of drug-likeness (QED) is 0.428. The highest BCUT2D eigenvalue weighted by atomic mass is 28.4. The number of halogens is 1. The summed E-state index contributed by atoms with van der Waals surface area (Å²) in [5.41, 5.74) is 0.275. The topological polar surface area (TPSA) is 48.0 Å². The minimum atomic E-state index is -2.09. The molecule has 1 amide bonds. The fourth-order valence-electron chi connectivity index (χ4n) is 2.68. The lowest BCUT2D eigenvalue weighted by Gasteiger charge is -2.36. The number of rotatable bonds is 6. The van der Waals surface area contributed by atoms with E-state index < -0.39 is 25.8 Å². The Balaban J connectivity index is 2.33. The number of amides is 1. The van der Waals surface area contributed by atoms with Crippen LogP contribution >= 0.6 is 0 Å². The first-order valence-electron chi connectivity index (χ1n) is 10.7. The zero-order valence-electron chi connectivity index (χ0n) is 20.7. The fourth-order valence-corrected chi connectivity index (χ4v) is 3.70. The molecule has 0 N–H and O–H groups in total. The molecule has 0 heterocycles. The van der Waals surface area contributed by atoms with Crippen LogP contribution in [0.3, 0.4) is 0 Å². The average molecular weight is 462 g/mol. The molecule has 5 nitrogen and oxygen atoms in total. The van der Waals surface area contributed by atoms with E-state index in [0.717, 1.165) is 0 Å². The second kappa shape index (κ2) is 9.53. The number of hydrogen-bond donors (Lipinski definition) is 0. The van der Waals surface area contributed by atoms with Crippen molar-refractivity contribution < 1.29 is 23.1 Å². The molecule has 0 saturated heterocycles. The summed E-state index contributed by atoms with van der Waals surface area (Å²) in [6, 6.07) is 11.8. The van der Waals surface area contributed by atoms with Crippen LogP contribution in [0.5, 0.6) is 11.5 Å². The molecule has 32 heavy (non-hydrogen) atoms. The standard InChI is InChI=1S/C25H36FNO4Si/c1-24(2,3)30-23(28)27(19-11-14-20(29-7)15-12-19)17-18-10-13-21(16-22(18)26)31-32(8,9)25(4,5)6/h10-16H,17H2,1-9H3. The summed E-state index contributed by atoms with van der Waals surface area (Å²) in [4.78, 5) is 14.3. The molecule has 2 rings (SSSR count). The Kier molecular flexibility index (Phi) is 7.65. The molecule has 176 valence electrons. The molecule has 0 aliphatic carbocycles. The number of carbonyl (C=O) groups excluding carboxylic acids is 1. The van der Waals surface area contributed by atoms with Gasteiger partial charge in [0.15, 0.2) is 0 Å². The summed E-state index contributed by atoms with van der Waals surface area (Å²) in [6.07, 6.45) is -0.552. The van der Waals surface area contributed by atoms with Crippen molar-refractivity contribution in [1.29, 1.82) is 0 Å². The number of nitrogens with zero attached hydrogens (tertiary/aromatic N) is 1. The number of anilines is 1. The van der Waals surface area contributed by atoms with Crippen molar-refractivity contribution in [2.24, 2.45) is 0 Å². The van der Waals surface area contributed by atoms with Gasteiger partial charge in [-0.25, -0.2) is 9.18 Å². The van der Waals surface area contributed by atoms with Crippen molar-refractivity contribution in [3.63, 3.8) is 0 Å². The minimum Gasteiger partial charge on any atom is -0.543 e. The molecule has 0 spiro atoms. The van der Waals surface area contributed by atoms with E-state index in [4.69, 9.17) is 13.9 Å². The number of carbonyl (C=O) groups is 1. The molecular weight excluding hydrogens is 425 g/mol. The number of ether oxygens (including phenoxy) is 2. The molecule has 0 atom stereocenters. The third kappa shape index (κ3) is 6.73. The zero-order chi connectivity index (χ0) is 24.3. The van der Waals surface area contributed by atoms with E-state index in [0.29, 0.717) is 22.7 Å². The van der Waals surface area contributed by atoms with Gasteiger partial charge in [0.05, 0.1) is 13.7 Å². The summed E-state index contributed by atoms with van der Waals surface area (Å²) < 4.78 is 32.0. The van der Waals surface area contributed by atoms with Crippen LogP contribution in [-0.4, -0.2) is 27.1 Å². The Bertz CT molecular complexity index is 930. The molecule has 0 bridgehead atoms. The molecule has 0 fully saturated rings. The third-order valence-electron chi connectivity index (χ3n) is 5.53. The van der Waals surface area contributed by atoms with Crippen molar-refractivity contribution in [3.05, 3.63) is 53.8 Å². The first-order chi connectivity index (χ1) is 14.6. The van der Waals surface area contributed by atoms with Gasteiger partial charge >= 0.3 is 6.09 Å². The van der Waals surface area contributed by atoms with E-state index in [1.807, 2.05) is 0 Å². The normalized spacial score (nSPS) is 12.3. The average Bonchev–Trinajstić information content (AvgIpc) is 2.65. The molecule has 0 aromatic heterocycles. The second-order valence-corrected chi connectivity index (χ2v) is 15.1. The van der Waals surface area contributed by atoms with E-state index in [-0.39, 0.29) is 11.6 Å². The zero-order valence-corrected chi connectivity index (χ0v) is 21.7. The predicted molar refractivity (Wildman–Crippen MR) is 130 cm³/mol. The van der Waals surface area contributed by atoms with Gasteiger partial charge in [-0.05, 0) is 69.2 Å². The summed E-state index contributed by atoms with van der Waals surface area (Å²) in [5.74, 6) is 0.741. The van der Waals surface area contributed by atoms with Crippen molar-refractivity contribution in [2.75, 3.05) is 12.0 Å². The Hall–Kier alpha value is -2.54. The van der Waals surface area contributed by atoms with E-state index >= 15 is 4.39 Å². The summed E-state index contributed by atoms with van der Waals surface area (Å²) in [5, 5.41) is 0.00399. The molecule has 0 unspecified atom stereocenters. The summed E-state index contributed by atoms with van der Waals surface area (Å²) in [7, 11) is -0.515. The van der Waals surface area contributed by atoms with E-state index in [2.05, 4.69) is 33.9 Å². The lowest BCUT2D eigenvalue weighted by molar-refractivity contribution is 0.0577. The first-order valence-corrected chi connectivity index (χ1v) is 13.7.